The Labute approximate surface area is 213 Å². The monoisotopic (exact) mass is 512 g/mol. The third-order valence-electron chi connectivity index (χ3n) is 5.48. The van der Waals surface area contributed by atoms with Crippen LogP contribution in [0.5, 0.6) is 5.75 Å². The van der Waals surface area contributed by atoms with E-state index in [0.717, 1.165) is 10.9 Å². The molecule has 0 aliphatic heterocycles. The largest absolute Gasteiger partial charge is 0.478 e. The van der Waals surface area contributed by atoms with Crippen molar-refractivity contribution in [1.29, 1.82) is 5.26 Å². The highest BCUT2D eigenvalue weighted by Gasteiger charge is 2.20. The van der Waals surface area contributed by atoms with Gasteiger partial charge in [-0.15, -0.1) is 0 Å². The summed E-state index contributed by atoms with van der Waals surface area (Å²) in [6.07, 6.45) is 1.27. The van der Waals surface area contributed by atoms with Crippen LogP contribution in [0, 0.1) is 18.3 Å². The average Bonchev–Trinajstić information content (AvgIpc) is 2.88. The zero-order valence-electron chi connectivity index (χ0n) is 19.5. The van der Waals surface area contributed by atoms with Gasteiger partial charge in [0.25, 0.3) is 5.91 Å². The highest BCUT2D eigenvalue weighted by Crippen LogP contribution is 2.32. The summed E-state index contributed by atoms with van der Waals surface area (Å²) < 4.78 is 31.4. The predicted molar refractivity (Wildman–Crippen MR) is 139 cm³/mol. The van der Waals surface area contributed by atoms with E-state index in [0.29, 0.717) is 5.39 Å². The second-order valence-electron chi connectivity index (χ2n) is 8.06. The number of benzene rings is 4. The van der Waals surface area contributed by atoms with Gasteiger partial charge in [-0.3, -0.25) is 4.79 Å². The van der Waals surface area contributed by atoms with E-state index in [1.165, 1.54) is 48.5 Å². The van der Waals surface area contributed by atoms with Gasteiger partial charge in [-0.25, -0.2) is 4.79 Å². The van der Waals surface area contributed by atoms with Crippen molar-refractivity contribution in [2.45, 2.75) is 11.8 Å². The molecule has 0 saturated carbocycles. The Bertz CT molecular complexity index is 1680. The number of hydrogen-bond donors (Lipinski definition) is 2. The Morgan fingerprint density at radius 1 is 0.946 bits per heavy atom. The van der Waals surface area contributed by atoms with Gasteiger partial charge < -0.3 is 14.6 Å². The standard InChI is InChI=1S/C28H20N2O6S/c1-18-6-13-23(14-7-18)37(34,35)36-26-15-10-19-4-2-3-5-24(19)25(26)16-21(17-29)27(31)30-22-11-8-20(9-12-22)28(32)33/h2-16H,1H3,(H,30,31)(H,32,33)/b21-16+. The van der Waals surface area contributed by atoms with Crippen molar-refractivity contribution in [2.24, 2.45) is 0 Å². The van der Waals surface area contributed by atoms with Crippen LogP contribution in [0.15, 0.2) is 95.4 Å². The normalized spacial score (nSPS) is 11.5. The fourth-order valence-corrected chi connectivity index (χ4v) is 4.50. The minimum absolute atomic E-state index is 0.0377. The molecule has 4 aromatic rings. The molecule has 184 valence electrons. The summed E-state index contributed by atoms with van der Waals surface area (Å²) in [5.41, 5.74) is 1.14. The van der Waals surface area contributed by atoms with E-state index in [-0.39, 0.29) is 33.0 Å². The van der Waals surface area contributed by atoms with Crippen LogP contribution < -0.4 is 9.50 Å². The first-order valence-corrected chi connectivity index (χ1v) is 12.4. The molecule has 0 bridgehead atoms. The number of carbonyl (C=O) groups is 2. The highest BCUT2D eigenvalue weighted by atomic mass is 32.2. The molecule has 0 saturated heterocycles. The molecule has 1 amide bonds. The lowest BCUT2D eigenvalue weighted by molar-refractivity contribution is -0.112. The van der Waals surface area contributed by atoms with Crippen LogP contribution in [0.25, 0.3) is 16.8 Å². The van der Waals surface area contributed by atoms with E-state index in [9.17, 15) is 23.3 Å². The number of nitrogens with one attached hydrogen (secondary N) is 1. The number of amides is 1. The van der Waals surface area contributed by atoms with Gasteiger partial charge in [-0.2, -0.15) is 13.7 Å². The molecule has 0 radical (unpaired) electrons. The topological polar surface area (TPSA) is 134 Å². The Morgan fingerprint density at radius 2 is 1.62 bits per heavy atom. The van der Waals surface area contributed by atoms with Crippen LogP contribution in [0.4, 0.5) is 5.69 Å². The summed E-state index contributed by atoms with van der Waals surface area (Å²) >= 11 is 0. The quantitative estimate of drug-likeness (QED) is 0.198. The van der Waals surface area contributed by atoms with Crippen molar-refractivity contribution < 1.29 is 27.3 Å². The van der Waals surface area contributed by atoms with Gasteiger partial charge in [0.2, 0.25) is 0 Å². The molecule has 4 rings (SSSR count). The molecule has 0 fully saturated rings. The number of carbonyl (C=O) groups excluding carboxylic acids is 1. The van der Waals surface area contributed by atoms with Crippen LogP contribution in [0.3, 0.4) is 0 Å². The fraction of sp³-hybridized carbons (Fsp3) is 0.0357. The summed E-state index contributed by atoms with van der Waals surface area (Å²) in [6, 6.07) is 23.7. The highest BCUT2D eigenvalue weighted by molar-refractivity contribution is 7.87. The molecule has 0 aliphatic rings. The molecule has 37 heavy (non-hydrogen) atoms. The molecule has 8 nitrogen and oxygen atoms in total. The molecular weight excluding hydrogens is 492 g/mol. The summed E-state index contributed by atoms with van der Waals surface area (Å²) in [4.78, 5) is 23.9. The molecule has 2 N–H and O–H groups in total. The minimum Gasteiger partial charge on any atom is -0.478 e. The number of carboxylic acid groups (broad SMARTS) is 1. The smallest absolute Gasteiger partial charge is 0.339 e. The number of aryl methyl sites for hydroxylation is 1. The Kier molecular flexibility index (Phi) is 7.04. The van der Waals surface area contributed by atoms with Crippen molar-refractivity contribution in [3.05, 3.63) is 107 Å². The second kappa shape index (κ2) is 10.4. The lowest BCUT2D eigenvalue weighted by atomic mass is 10.0. The number of aromatic carboxylic acids is 1. The fourth-order valence-electron chi connectivity index (χ4n) is 3.56. The number of hydrogen-bond acceptors (Lipinski definition) is 6. The molecule has 0 spiro atoms. The number of carboxylic acids is 1. The van der Waals surface area contributed by atoms with Gasteiger partial charge in [0, 0.05) is 11.3 Å². The van der Waals surface area contributed by atoms with Crippen LogP contribution in [0.1, 0.15) is 21.5 Å². The van der Waals surface area contributed by atoms with Crippen molar-refractivity contribution in [2.75, 3.05) is 5.32 Å². The van der Waals surface area contributed by atoms with Gasteiger partial charge in [0.1, 0.15) is 16.5 Å². The first-order chi connectivity index (χ1) is 17.7. The van der Waals surface area contributed by atoms with Gasteiger partial charge >= 0.3 is 16.1 Å². The number of nitriles is 1. The van der Waals surface area contributed by atoms with Crippen LogP contribution in [0.2, 0.25) is 0 Å². The van der Waals surface area contributed by atoms with Gasteiger partial charge in [-0.1, -0.05) is 48.0 Å². The zero-order chi connectivity index (χ0) is 26.6. The Balaban J connectivity index is 1.74. The average molecular weight is 513 g/mol. The summed E-state index contributed by atoms with van der Waals surface area (Å²) in [6.45, 7) is 1.83. The lowest BCUT2D eigenvalue weighted by Gasteiger charge is -2.13. The molecule has 9 heteroatoms. The summed E-state index contributed by atoms with van der Waals surface area (Å²) in [5, 5.41) is 22.6. The van der Waals surface area contributed by atoms with E-state index in [1.54, 1.807) is 42.5 Å². The van der Waals surface area contributed by atoms with Gasteiger partial charge in [0.15, 0.2) is 5.75 Å². The number of rotatable bonds is 7. The maximum Gasteiger partial charge on any atom is 0.339 e. The molecule has 0 heterocycles. The van der Waals surface area contributed by atoms with Crippen molar-refractivity contribution >= 4 is 44.5 Å². The first-order valence-electron chi connectivity index (χ1n) is 11.0. The number of fused-ring (bicyclic) bond motifs is 1. The lowest BCUT2D eigenvalue weighted by Crippen LogP contribution is -2.14. The SMILES string of the molecule is Cc1ccc(S(=O)(=O)Oc2ccc3ccccc3c2/C=C(\C#N)C(=O)Nc2ccc(C(=O)O)cc2)cc1. The van der Waals surface area contributed by atoms with E-state index in [4.69, 9.17) is 9.29 Å². The van der Waals surface area contributed by atoms with Crippen LogP contribution in [-0.4, -0.2) is 25.4 Å². The molecule has 0 unspecified atom stereocenters. The molecule has 0 atom stereocenters. The Hall–Kier alpha value is -4.94. The maximum atomic E-state index is 13.0. The summed E-state index contributed by atoms with van der Waals surface area (Å²) in [7, 11) is -4.20. The first kappa shape index (κ1) is 25.2. The zero-order valence-corrected chi connectivity index (χ0v) is 20.3. The maximum absolute atomic E-state index is 13.0. The molecule has 0 aromatic heterocycles. The van der Waals surface area contributed by atoms with Gasteiger partial charge in [-0.05, 0) is 66.2 Å². The van der Waals surface area contributed by atoms with Crippen molar-refractivity contribution in [3.63, 3.8) is 0 Å². The van der Waals surface area contributed by atoms with E-state index >= 15 is 0 Å². The van der Waals surface area contributed by atoms with Crippen LogP contribution in [-0.2, 0) is 14.9 Å². The molecular formula is C28H20N2O6S. The van der Waals surface area contributed by atoms with E-state index in [1.807, 2.05) is 13.0 Å². The third-order valence-corrected chi connectivity index (χ3v) is 6.73. The third kappa shape index (κ3) is 5.66. The molecule has 0 aliphatic carbocycles. The second-order valence-corrected chi connectivity index (χ2v) is 9.60. The number of nitrogens with zero attached hydrogens (tertiary/aromatic N) is 1. The minimum atomic E-state index is -4.20. The Morgan fingerprint density at radius 3 is 2.27 bits per heavy atom. The summed E-state index contributed by atoms with van der Waals surface area (Å²) in [5.74, 6) is -1.92. The van der Waals surface area contributed by atoms with Crippen LogP contribution >= 0.6 is 0 Å². The molecule has 4 aromatic carbocycles. The van der Waals surface area contributed by atoms with Crippen molar-refractivity contribution in [1.82, 2.24) is 0 Å². The van der Waals surface area contributed by atoms with Crippen molar-refractivity contribution in [3.8, 4) is 11.8 Å². The van der Waals surface area contributed by atoms with E-state index < -0.39 is 22.0 Å². The predicted octanol–water partition coefficient (Wildman–Crippen LogP) is 5.16. The van der Waals surface area contributed by atoms with Gasteiger partial charge in [0.05, 0.1) is 5.56 Å². The van der Waals surface area contributed by atoms with E-state index in [2.05, 4.69) is 5.32 Å². The number of anilines is 1.